The monoisotopic (exact) mass is 260 g/mol. The molecule has 2 amide bonds. The Labute approximate surface area is 106 Å². The summed E-state index contributed by atoms with van der Waals surface area (Å²) in [4.78, 5) is 33.7. The lowest BCUT2D eigenvalue weighted by Crippen LogP contribution is -2.52. The second-order valence-corrected chi connectivity index (χ2v) is 4.16. The number of urea groups is 1. The molecule has 0 aliphatic rings. The van der Waals surface area contributed by atoms with E-state index >= 15 is 0 Å². The van der Waals surface area contributed by atoms with Crippen molar-refractivity contribution >= 4 is 18.0 Å². The van der Waals surface area contributed by atoms with Gasteiger partial charge in [0.05, 0.1) is 7.11 Å². The van der Waals surface area contributed by atoms with E-state index in [1.54, 1.807) is 20.8 Å². The van der Waals surface area contributed by atoms with Crippen LogP contribution in [0.2, 0.25) is 0 Å². The summed E-state index contributed by atoms with van der Waals surface area (Å²) in [6, 6.07) is -2.48. The Balaban J connectivity index is 4.52. The van der Waals surface area contributed by atoms with Crippen molar-refractivity contribution in [3.8, 4) is 0 Å². The maximum atomic E-state index is 11.6. The third-order valence-electron chi connectivity index (χ3n) is 2.42. The molecule has 0 aliphatic heterocycles. The van der Waals surface area contributed by atoms with Gasteiger partial charge in [-0.15, -0.1) is 0 Å². The summed E-state index contributed by atoms with van der Waals surface area (Å²) < 4.78 is 4.56. The highest BCUT2D eigenvalue weighted by Gasteiger charge is 2.26. The molecule has 0 radical (unpaired) electrons. The summed E-state index contributed by atoms with van der Waals surface area (Å²) in [6.45, 7) is 5.13. The Morgan fingerprint density at radius 2 is 1.78 bits per heavy atom. The first-order chi connectivity index (χ1) is 8.33. The first kappa shape index (κ1) is 16.2. The van der Waals surface area contributed by atoms with Crippen molar-refractivity contribution in [2.24, 2.45) is 5.92 Å². The van der Waals surface area contributed by atoms with Crippen LogP contribution in [-0.2, 0) is 14.3 Å². The second kappa shape index (κ2) is 7.52. The van der Waals surface area contributed by atoms with Gasteiger partial charge in [-0.3, -0.25) is 0 Å². The Morgan fingerprint density at radius 1 is 1.22 bits per heavy atom. The van der Waals surface area contributed by atoms with Crippen molar-refractivity contribution in [3.05, 3.63) is 0 Å². The molecule has 2 unspecified atom stereocenters. The summed E-state index contributed by atoms with van der Waals surface area (Å²) in [5.74, 6) is -1.84. The zero-order valence-electron chi connectivity index (χ0n) is 11.0. The number of carboxylic acid groups (broad SMARTS) is 1. The van der Waals surface area contributed by atoms with E-state index in [1.165, 1.54) is 7.11 Å². The van der Waals surface area contributed by atoms with Gasteiger partial charge in [0.1, 0.15) is 12.1 Å². The van der Waals surface area contributed by atoms with Gasteiger partial charge in [0.15, 0.2) is 0 Å². The fraction of sp³-hybridized carbons (Fsp3) is 0.727. The highest BCUT2D eigenvalue weighted by atomic mass is 16.5. The van der Waals surface area contributed by atoms with E-state index < -0.39 is 30.1 Å². The van der Waals surface area contributed by atoms with Crippen LogP contribution in [0, 0.1) is 5.92 Å². The van der Waals surface area contributed by atoms with Gasteiger partial charge in [0.25, 0.3) is 0 Å². The predicted molar refractivity (Wildman–Crippen MR) is 64.0 cm³/mol. The normalized spacial score (nSPS) is 13.6. The highest BCUT2D eigenvalue weighted by molar-refractivity contribution is 5.86. The average Bonchev–Trinajstić information content (AvgIpc) is 2.31. The number of esters is 1. The number of methoxy groups -OCH3 is 1. The van der Waals surface area contributed by atoms with E-state index in [2.05, 4.69) is 15.4 Å². The Bertz CT molecular complexity index is 317. The molecule has 0 aromatic rings. The van der Waals surface area contributed by atoms with Crippen LogP contribution in [0.3, 0.4) is 0 Å². The number of carbonyl (C=O) groups is 3. The van der Waals surface area contributed by atoms with Crippen molar-refractivity contribution in [2.75, 3.05) is 7.11 Å². The van der Waals surface area contributed by atoms with E-state index in [1.807, 2.05) is 0 Å². The molecule has 3 N–H and O–H groups in total. The maximum Gasteiger partial charge on any atom is 0.328 e. The highest BCUT2D eigenvalue weighted by Crippen LogP contribution is 2.03. The van der Waals surface area contributed by atoms with Crippen LogP contribution in [0.25, 0.3) is 0 Å². The Morgan fingerprint density at radius 3 is 2.11 bits per heavy atom. The minimum absolute atomic E-state index is 0.159. The molecule has 0 aromatic heterocycles. The molecule has 0 aromatic carbocycles. The smallest absolute Gasteiger partial charge is 0.328 e. The minimum Gasteiger partial charge on any atom is -0.480 e. The first-order valence-electron chi connectivity index (χ1n) is 5.71. The summed E-state index contributed by atoms with van der Waals surface area (Å²) in [5.41, 5.74) is 0. The molecule has 0 saturated heterocycles. The van der Waals surface area contributed by atoms with Gasteiger partial charge in [-0.05, 0) is 12.3 Å². The fourth-order valence-corrected chi connectivity index (χ4v) is 1.30. The van der Waals surface area contributed by atoms with Crippen molar-refractivity contribution in [1.82, 2.24) is 10.6 Å². The van der Waals surface area contributed by atoms with Gasteiger partial charge in [-0.2, -0.15) is 0 Å². The summed E-state index contributed by atoms with van der Waals surface area (Å²) >= 11 is 0. The number of carboxylic acids is 1. The lowest BCUT2D eigenvalue weighted by molar-refractivity contribution is -0.144. The van der Waals surface area contributed by atoms with Crippen molar-refractivity contribution in [3.63, 3.8) is 0 Å². The number of aliphatic carboxylic acids is 1. The average molecular weight is 260 g/mol. The number of ether oxygens (including phenoxy) is 1. The zero-order valence-corrected chi connectivity index (χ0v) is 11.0. The van der Waals surface area contributed by atoms with Crippen LogP contribution in [-0.4, -0.2) is 42.3 Å². The molecule has 0 bridgehead atoms. The molecule has 0 aliphatic carbocycles. The molecule has 7 heteroatoms. The van der Waals surface area contributed by atoms with Crippen LogP contribution >= 0.6 is 0 Å². The molecule has 0 saturated carbocycles. The number of hydrogen-bond acceptors (Lipinski definition) is 4. The molecule has 18 heavy (non-hydrogen) atoms. The fourth-order valence-electron chi connectivity index (χ4n) is 1.30. The van der Waals surface area contributed by atoms with Gasteiger partial charge >= 0.3 is 18.0 Å². The molecule has 0 fully saturated rings. The first-order valence-corrected chi connectivity index (χ1v) is 5.71. The van der Waals surface area contributed by atoms with E-state index in [9.17, 15) is 14.4 Å². The summed E-state index contributed by atoms with van der Waals surface area (Å²) in [6.07, 6.45) is 0.257. The quantitative estimate of drug-likeness (QED) is 0.597. The van der Waals surface area contributed by atoms with E-state index in [0.717, 1.165) is 0 Å². The van der Waals surface area contributed by atoms with Crippen LogP contribution in [0.15, 0.2) is 0 Å². The van der Waals surface area contributed by atoms with E-state index in [-0.39, 0.29) is 12.3 Å². The minimum atomic E-state index is -1.12. The van der Waals surface area contributed by atoms with Gasteiger partial charge in [0, 0.05) is 0 Å². The number of rotatable bonds is 6. The standard InChI is InChI=1S/C11H20N2O5/c1-5-7(9(14)15)12-11(17)13-8(6(2)3)10(16)18-4/h6-8H,5H2,1-4H3,(H,14,15)(H2,12,13,17). The summed E-state index contributed by atoms with van der Waals surface area (Å²) in [5, 5.41) is 13.5. The Kier molecular flexibility index (Phi) is 6.77. The molecule has 0 rings (SSSR count). The third kappa shape index (κ3) is 5.03. The molecule has 2 atom stereocenters. The van der Waals surface area contributed by atoms with Gasteiger partial charge in [0.2, 0.25) is 0 Å². The maximum absolute atomic E-state index is 11.6. The van der Waals surface area contributed by atoms with Gasteiger partial charge < -0.3 is 20.5 Å². The third-order valence-corrected chi connectivity index (χ3v) is 2.42. The van der Waals surface area contributed by atoms with Crippen LogP contribution in [0.5, 0.6) is 0 Å². The number of hydrogen-bond donors (Lipinski definition) is 3. The van der Waals surface area contributed by atoms with Crippen molar-refractivity contribution in [1.29, 1.82) is 0 Å². The number of amides is 2. The molecule has 104 valence electrons. The Hall–Kier alpha value is -1.79. The van der Waals surface area contributed by atoms with Gasteiger partial charge in [-0.25, -0.2) is 14.4 Å². The van der Waals surface area contributed by atoms with E-state index in [4.69, 9.17) is 5.11 Å². The molecular weight excluding hydrogens is 240 g/mol. The zero-order chi connectivity index (χ0) is 14.3. The lowest BCUT2D eigenvalue weighted by Gasteiger charge is -2.21. The molecule has 0 spiro atoms. The molecular formula is C11H20N2O5. The lowest BCUT2D eigenvalue weighted by atomic mass is 10.1. The summed E-state index contributed by atoms with van der Waals surface area (Å²) in [7, 11) is 1.23. The van der Waals surface area contributed by atoms with Gasteiger partial charge in [-0.1, -0.05) is 20.8 Å². The van der Waals surface area contributed by atoms with E-state index in [0.29, 0.717) is 0 Å². The van der Waals surface area contributed by atoms with Crippen LogP contribution < -0.4 is 10.6 Å². The largest absolute Gasteiger partial charge is 0.480 e. The topological polar surface area (TPSA) is 105 Å². The second-order valence-electron chi connectivity index (χ2n) is 4.16. The molecule has 7 nitrogen and oxygen atoms in total. The van der Waals surface area contributed by atoms with Crippen LogP contribution in [0.4, 0.5) is 4.79 Å². The predicted octanol–water partition coefficient (Wildman–Crippen LogP) is 0.346. The molecule has 0 heterocycles. The number of carbonyl (C=O) groups excluding carboxylic acids is 2. The van der Waals surface area contributed by atoms with Crippen molar-refractivity contribution < 1.29 is 24.2 Å². The SMILES string of the molecule is CCC(NC(=O)NC(C(=O)OC)C(C)C)C(=O)O. The van der Waals surface area contributed by atoms with Crippen LogP contribution in [0.1, 0.15) is 27.2 Å². The van der Waals surface area contributed by atoms with Crippen molar-refractivity contribution in [2.45, 2.75) is 39.3 Å². The number of nitrogens with one attached hydrogen (secondary N) is 2.